The van der Waals surface area contributed by atoms with Crippen molar-refractivity contribution in [1.82, 2.24) is 9.88 Å². The van der Waals surface area contributed by atoms with Gasteiger partial charge in [0, 0.05) is 43.7 Å². The Balaban J connectivity index is 1.40. The normalized spacial score (nSPS) is 14.3. The van der Waals surface area contributed by atoms with Crippen LogP contribution in [0.25, 0.3) is 11.0 Å². The van der Waals surface area contributed by atoms with Gasteiger partial charge in [-0.25, -0.2) is 9.78 Å². The lowest BCUT2D eigenvalue weighted by atomic mass is 10.2. The molecule has 0 saturated carbocycles. The standard InChI is InChI=1S/C24H28BrN3O6S/c1-24(2,3)34-23(30)28-7-5-27(6-8-28)22-26-15(14-35-22)13-32-19-9-16(31-4)10-20-17(19)11-21(33-20)18(29)12-25/h9-11,14H,5-8,12-13H2,1-4H3. The number of anilines is 1. The molecule has 4 rings (SSSR count). The van der Waals surface area contributed by atoms with Gasteiger partial charge >= 0.3 is 6.09 Å². The summed E-state index contributed by atoms with van der Waals surface area (Å²) in [5.74, 6) is 1.23. The number of carbonyl (C=O) groups excluding carboxylic acids is 2. The van der Waals surface area contributed by atoms with Crippen molar-refractivity contribution >= 4 is 55.2 Å². The molecule has 1 aliphatic rings. The number of furan rings is 1. The number of ketones is 1. The zero-order chi connectivity index (χ0) is 25.2. The molecule has 0 aliphatic carbocycles. The molecule has 3 heterocycles. The Kier molecular flexibility index (Phi) is 7.56. The topological polar surface area (TPSA) is 94.3 Å². The first kappa shape index (κ1) is 25.3. The van der Waals surface area contributed by atoms with Gasteiger partial charge in [0.15, 0.2) is 10.9 Å². The summed E-state index contributed by atoms with van der Waals surface area (Å²) in [5.41, 5.74) is 0.801. The van der Waals surface area contributed by atoms with Gasteiger partial charge in [-0.05, 0) is 26.8 Å². The highest BCUT2D eigenvalue weighted by Gasteiger charge is 2.27. The summed E-state index contributed by atoms with van der Waals surface area (Å²) in [6.45, 7) is 8.38. The summed E-state index contributed by atoms with van der Waals surface area (Å²) >= 11 is 4.71. The second-order valence-electron chi connectivity index (χ2n) is 9.07. The largest absolute Gasteiger partial charge is 0.496 e. The highest BCUT2D eigenvalue weighted by molar-refractivity contribution is 9.09. The quantitative estimate of drug-likeness (QED) is 0.288. The van der Waals surface area contributed by atoms with E-state index in [0.717, 1.165) is 10.8 Å². The average molecular weight is 566 g/mol. The van der Waals surface area contributed by atoms with Gasteiger partial charge in [0.1, 0.15) is 29.3 Å². The maximum atomic E-state index is 12.3. The van der Waals surface area contributed by atoms with Gasteiger partial charge in [-0.15, -0.1) is 11.3 Å². The van der Waals surface area contributed by atoms with Crippen molar-refractivity contribution in [3.05, 3.63) is 35.0 Å². The van der Waals surface area contributed by atoms with Crippen molar-refractivity contribution in [2.45, 2.75) is 33.0 Å². The van der Waals surface area contributed by atoms with E-state index in [4.69, 9.17) is 23.6 Å². The van der Waals surface area contributed by atoms with Crippen molar-refractivity contribution in [2.75, 3.05) is 43.5 Å². The fraction of sp³-hybridized carbons (Fsp3) is 0.458. The fourth-order valence-electron chi connectivity index (χ4n) is 3.59. The molecule has 3 aromatic rings. The molecule has 1 saturated heterocycles. The zero-order valence-corrected chi connectivity index (χ0v) is 22.5. The lowest BCUT2D eigenvalue weighted by molar-refractivity contribution is 0.0240. The van der Waals surface area contributed by atoms with Crippen LogP contribution < -0.4 is 14.4 Å². The molecule has 0 atom stereocenters. The van der Waals surface area contributed by atoms with E-state index in [1.807, 2.05) is 26.2 Å². The fourth-order valence-corrected chi connectivity index (χ4v) is 4.73. The number of nitrogens with zero attached hydrogens (tertiary/aromatic N) is 3. The first-order valence-electron chi connectivity index (χ1n) is 11.2. The number of hydrogen-bond donors (Lipinski definition) is 0. The molecule has 9 nitrogen and oxygen atoms in total. The molecule has 0 spiro atoms. The van der Waals surface area contributed by atoms with Gasteiger partial charge in [0.25, 0.3) is 0 Å². The number of ether oxygens (including phenoxy) is 3. The summed E-state index contributed by atoms with van der Waals surface area (Å²) in [6.07, 6.45) is -0.282. The molecule has 2 aromatic heterocycles. The lowest BCUT2D eigenvalue weighted by Crippen LogP contribution is -2.50. The summed E-state index contributed by atoms with van der Waals surface area (Å²) in [6, 6.07) is 5.18. The van der Waals surface area contributed by atoms with Gasteiger partial charge in [0.05, 0.1) is 23.5 Å². The van der Waals surface area contributed by atoms with E-state index in [2.05, 4.69) is 20.8 Å². The van der Waals surface area contributed by atoms with Crippen LogP contribution in [0.5, 0.6) is 11.5 Å². The number of hydrogen-bond acceptors (Lipinski definition) is 9. The van der Waals surface area contributed by atoms with Crippen LogP contribution in [0.4, 0.5) is 9.93 Å². The SMILES string of the molecule is COc1cc(OCc2csc(N3CCN(C(=O)OC(C)(C)C)CC3)n2)c2cc(C(=O)CBr)oc2c1. The number of rotatable bonds is 7. The number of piperazine rings is 1. The van der Waals surface area contributed by atoms with E-state index in [1.54, 1.807) is 41.5 Å². The number of halogens is 1. The number of Topliss-reactive ketones (excluding diaryl/α,β-unsaturated/α-hetero) is 1. The first-order chi connectivity index (χ1) is 16.7. The predicted molar refractivity (Wildman–Crippen MR) is 137 cm³/mol. The number of carbonyl (C=O) groups is 2. The Hall–Kier alpha value is -2.79. The van der Waals surface area contributed by atoms with Crippen molar-refractivity contribution in [3.8, 4) is 11.5 Å². The number of alkyl halides is 1. The molecule has 0 N–H and O–H groups in total. The van der Waals surface area contributed by atoms with Gasteiger partial charge in [0.2, 0.25) is 5.78 Å². The summed E-state index contributed by atoms with van der Waals surface area (Å²) in [5, 5.41) is 3.72. The minimum Gasteiger partial charge on any atom is -0.496 e. The maximum absolute atomic E-state index is 12.3. The Morgan fingerprint density at radius 2 is 1.91 bits per heavy atom. The third-order valence-corrected chi connectivity index (χ3v) is 6.78. The summed E-state index contributed by atoms with van der Waals surface area (Å²) < 4.78 is 22.6. The van der Waals surface area contributed by atoms with Crippen molar-refractivity contribution < 1.29 is 28.2 Å². The van der Waals surface area contributed by atoms with Crippen LogP contribution >= 0.6 is 27.3 Å². The molecular weight excluding hydrogens is 538 g/mol. The third kappa shape index (κ3) is 6.07. The summed E-state index contributed by atoms with van der Waals surface area (Å²) in [4.78, 5) is 32.9. The third-order valence-electron chi connectivity index (χ3n) is 5.32. The Morgan fingerprint density at radius 3 is 2.57 bits per heavy atom. The molecule has 1 amide bonds. The van der Waals surface area contributed by atoms with Crippen LogP contribution in [0.3, 0.4) is 0 Å². The number of amides is 1. The number of thiazole rings is 1. The molecule has 11 heteroatoms. The Bertz CT molecular complexity index is 1210. The maximum Gasteiger partial charge on any atom is 0.410 e. The zero-order valence-electron chi connectivity index (χ0n) is 20.1. The van der Waals surface area contributed by atoms with Crippen LogP contribution in [0, 0.1) is 0 Å². The van der Waals surface area contributed by atoms with Crippen molar-refractivity contribution in [2.24, 2.45) is 0 Å². The highest BCUT2D eigenvalue weighted by atomic mass is 79.9. The Morgan fingerprint density at radius 1 is 1.17 bits per heavy atom. The number of fused-ring (bicyclic) bond motifs is 1. The Labute approximate surface area is 216 Å². The lowest BCUT2D eigenvalue weighted by Gasteiger charge is -2.35. The number of benzene rings is 1. The number of methoxy groups -OCH3 is 1. The number of aromatic nitrogens is 1. The highest BCUT2D eigenvalue weighted by Crippen LogP contribution is 2.35. The van der Waals surface area contributed by atoms with Gasteiger partial charge in [-0.2, -0.15) is 0 Å². The molecule has 0 unspecified atom stereocenters. The smallest absolute Gasteiger partial charge is 0.410 e. The van der Waals surface area contributed by atoms with Crippen LogP contribution in [0.15, 0.2) is 28.0 Å². The predicted octanol–water partition coefficient (Wildman–Crippen LogP) is 5.11. The molecule has 1 fully saturated rings. The van der Waals surface area contributed by atoms with Crippen LogP contribution in [0.1, 0.15) is 37.0 Å². The van der Waals surface area contributed by atoms with Crippen LogP contribution in [-0.2, 0) is 11.3 Å². The van der Waals surface area contributed by atoms with Gasteiger partial charge in [-0.3, -0.25) is 4.79 Å². The van der Waals surface area contributed by atoms with E-state index >= 15 is 0 Å². The van der Waals surface area contributed by atoms with E-state index in [9.17, 15) is 9.59 Å². The van der Waals surface area contributed by atoms with E-state index in [-0.39, 0.29) is 29.6 Å². The van der Waals surface area contributed by atoms with Crippen molar-refractivity contribution in [3.63, 3.8) is 0 Å². The molecule has 35 heavy (non-hydrogen) atoms. The second-order valence-corrected chi connectivity index (χ2v) is 10.5. The molecule has 188 valence electrons. The monoisotopic (exact) mass is 565 g/mol. The minimum atomic E-state index is -0.506. The average Bonchev–Trinajstić information content (AvgIpc) is 3.48. The molecular formula is C24H28BrN3O6S. The van der Waals surface area contributed by atoms with E-state index in [1.165, 1.54) is 0 Å². The minimum absolute atomic E-state index is 0.151. The van der Waals surface area contributed by atoms with Gasteiger partial charge in [-0.1, -0.05) is 15.9 Å². The first-order valence-corrected chi connectivity index (χ1v) is 13.2. The van der Waals surface area contributed by atoms with E-state index in [0.29, 0.717) is 48.6 Å². The van der Waals surface area contributed by atoms with Crippen molar-refractivity contribution in [1.29, 1.82) is 0 Å². The summed E-state index contributed by atoms with van der Waals surface area (Å²) in [7, 11) is 1.56. The molecule has 0 bridgehead atoms. The molecule has 0 radical (unpaired) electrons. The van der Waals surface area contributed by atoms with Crippen LogP contribution in [0.2, 0.25) is 0 Å². The molecule has 1 aromatic carbocycles. The second kappa shape index (κ2) is 10.4. The molecule has 1 aliphatic heterocycles. The van der Waals surface area contributed by atoms with E-state index < -0.39 is 5.60 Å². The van der Waals surface area contributed by atoms with Gasteiger partial charge < -0.3 is 28.4 Å². The van der Waals surface area contributed by atoms with Crippen LogP contribution in [-0.4, -0.2) is 66.0 Å².